The number of morpholine rings is 1. The second-order valence-electron chi connectivity index (χ2n) is 6.87. The van der Waals surface area contributed by atoms with Gasteiger partial charge in [-0.2, -0.15) is 0 Å². The summed E-state index contributed by atoms with van der Waals surface area (Å²) in [6.07, 6.45) is 0. The maximum absolute atomic E-state index is 12.5. The Kier molecular flexibility index (Phi) is 7.03. The maximum Gasteiger partial charge on any atom is 0.236 e. The van der Waals surface area contributed by atoms with Crippen molar-refractivity contribution in [3.63, 3.8) is 0 Å². The van der Waals surface area contributed by atoms with Crippen LogP contribution in [0.4, 0.5) is 0 Å². The zero-order valence-electron chi connectivity index (χ0n) is 16.0. The molecule has 0 unspecified atom stereocenters. The van der Waals surface area contributed by atoms with Crippen LogP contribution in [0.25, 0.3) is 0 Å². The number of piperazine rings is 1. The molecule has 0 N–H and O–H groups in total. The summed E-state index contributed by atoms with van der Waals surface area (Å²) in [5.74, 6) is 0.537. The average molecular weight is 394 g/mol. The third-order valence-electron chi connectivity index (χ3n) is 4.73. The first-order valence-electron chi connectivity index (χ1n) is 9.32. The van der Waals surface area contributed by atoms with Gasteiger partial charge in [-0.3, -0.25) is 14.5 Å². The first kappa shape index (κ1) is 20.0. The minimum Gasteiger partial charge on any atom is -0.379 e. The van der Waals surface area contributed by atoms with Gasteiger partial charge in [-0.25, -0.2) is 9.97 Å². The van der Waals surface area contributed by atoms with Crippen molar-refractivity contribution in [3.8, 4) is 0 Å². The van der Waals surface area contributed by atoms with E-state index >= 15 is 0 Å². The second-order valence-corrected chi connectivity index (χ2v) is 7.81. The van der Waals surface area contributed by atoms with Gasteiger partial charge in [-0.1, -0.05) is 11.8 Å². The highest BCUT2D eigenvalue weighted by atomic mass is 32.2. The number of hydrogen-bond donors (Lipinski definition) is 0. The Bertz CT molecular complexity index is 653. The lowest BCUT2D eigenvalue weighted by Crippen LogP contribution is -2.53. The number of amides is 2. The van der Waals surface area contributed by atoms with Crippen LogP contribution >= 0.6 is 11.8 Å². The van der Waals surface area contributed by atoms with E-state index in [4.69, 9.17) is 4.74 Å². The molecular weight excluding hydrogens is 366 g/mol. The van der Waals surface area contributed by atoms with Crippen LogP contribution in [0.15, 0.2) is 11.2 Å². The number of carbonyl (C=O) groups is 2. The normalized spacial score (nSPS) is 18.6. The molecule has 0 spiro atoms. The molecule has 9 heteroatoms. The summed E-state index contributed by atoms with van der Waals surface area (Å²) in [5, 5.41) is 0.639. The highest BCUT2D eigenvalue weighted by molar-refractivity contribution is 7.99. The molecule has 0 bridgehead atoms. The summed E-state index contributed by atoms with van der Waals surface area (Å²) in [4.78, 5) is 39.4. The third kappa shape index (κ3) is 5.88. The molecule has 0 radical (unpaired) electrons. The molecule has 148 valence electrons. The number of hydrogen-bond acceptors (Lipinski definition) is 7. The largest absolute Gasteiger partial charge is 0.379 e. The van der Waals surface area contributed by atoms with Gasteiger partial charge < -0.3 is 14.5 Å². The number of carbonyl (C=O) groups excluding carboxylic acids is 2. The molecule has 0 aliphatic carbocycles. The SMILES string of the molecule is Cc1cc(C)nc(SCC(=O)N2CCN(C(=O)CN3CCOCC3)CC2)n1. The molecule has 1 aromatic heterocycles. The summed E-state index contributed by atoms with van der Waals surface area (Å²) in [5.41, 5.74) is 1.81. The monoisotopic (exact) mass is 393 g/mol. The maximum atomic E-state index is 12.5. The molecule has 2 aliphatic rings. The van der Waals surface area contributed by atoms with Gasteiger partial charge in [0.2, 0.25) is 11.8 Å². The Labute approximate surface area is 164 Å². The smallest absolute Gasteiger partial charge is 0.236 e. The van der Waals surface area contributed by atoms with Gasteiger partial charge in [0.25, 0.3) is 0 Å². The van der Waals surface area contributed by atoms with Gasteiger partial charge in [0.05, 0.1) is 25.5 Å². The third-order valence-corrected chi connectivity index (χ3v) is 5.57. The summed E-state index contributed by atoms with van der Waals surface area (Å²) >= 11 is 1.37. The van der Waals surface area contributed by atoms with Crippen molar-refractivity contribution >= 4 is 23.6 Å². The van der Waals surface area contributed by atoms with Crippen LogP contribution in [0.2, 0.25) is 0 Å². The van der Waals surface area contributed by atoms with E-state index in [1.807, 2.05) is 29.7 Å². The number of nitrogens with zero attached hydrogens (tertiary/aromatic N) is 5. The minimum atomic E-state index is 0.0723. The van der Waals surface area contributed by atoms with Crippen molar-refractivity contribution in [1.82, 2.24) is 24.7 Å². The molecule has 2 amide bonds. The van der Waals surface area contributed by atoms with E-state index < -0.39 is 0 Å². The fraction of sp³-hybridized carbons (Fsp3) is 0.667. The summed E-state index contributed by atoms with van der Waals surface area (Å²) in [7, 11) is 0. The highest BCUT2D eigenvalue weighted by Gasteiger charge is 2.25. The van der Waals surface area contributed by atoms with Crippen LogP contribution in [0.3, 0.4) is 0 Å². The van der Waals surface area contributed by atoms with E-state index in [1.165, 1.54) is 11.8 Å². The first-order chi connectivity index (χ1) is 13.0. The Morgan fingerprint density at radius 2 is 1.52 bits per heavy atom. The lowest BCUT2D eigenvalue weighted by Gasteiger charge is -2.36. The molecule has 0 atom stereocenters. The van der Waals surface area contributed by atoms with Gasteiger partial charge in [0.1, 0.15) is 0 Å². The number of ether oxygens (including phenoxy) is 1. The van der Waals surface area contributed by atoms with E-state index in [0.717, 1.165) is 24.5 Å². The van der Waals surface area contributed by atoms with E-state index in [1.54, 1.807) is 0 Å². The Hall–Kier alpha value is -1.71. The highest BCUT2D eigenvalue weighted by Crippen LogP contribution is 2.15. The molecule has 8 nitrogen and oxygen atoms in total. The van der Waals surface area contributed by atoms with Gasteiger partial charge in [-0.05, 0) is 19.9 Å². The minimum absolute atomic E-state index is 0.0723. The van der Waals surface area contributed by atoms with Crippen LogP contribution in [-0.2, 0) is 14.3 Å². The zero-order chi connectivity index (χ0) is 19.2. The van der Waals surface area contributed by atoms with Crippen LogP contribution in [0, 0.1) is 13.8 Å². The fourth-order valence-corrected chi connectivity index (χ4v) is 4.08. The predicted octanol–water partition coefficient (Wildman–Crippen LogP) is 0.189. The molecule has 3 rings (SSSR count). The van der Waals surface area contributed by atoms with Crippen LogP contribution in [-0.4, -0.2) is 101 Å². The van der Waals surface area contributed by atoms with E-state index in [-0.39, 0.29) is 11.8 Å². The molecule has 2 saturated heterocycles. The zero-order valence-corrected chi connectivity index (χ0v) is 16.8. The summed E-state index contributed by atoms with van der Waals surface area (Å²) < 4.78 is 5.31. The topological polar surface area (TPSA) is 78.9 Å². The first-order valence-corrected chi connectivity index (χ1v) is 10.3. The Balaban J connectivity index is 1.41. The van der Waals surface area contributed by atoms with Crippen molar-refractivity contribution in [1.29, 1.82) is 0 Å². The van der Waals surface area contributed by atoms with Gasteiger partial charge in [-0.15, -0.1) is 0 Å². The van der Waals surface area contributed by atoms with Crippen LogP contribution in [0.1, 0.15) is 11.4 Å². The summed E-state index contributed by atoms with van der Waals surface area (Å²) in [6.45, 7) is 9.65. The van der Waals surface area contributed by atoms with E-state index in [9.17, 15) is 9.59 Å². The van der Waals surface area contributed by atoms with Gasteiger partial charge >= 0.3 is 0 Å². The Morgan fingerprint density at radius 3 is 2.11 bits per heavy atom. The van der Waals surface area contributed by atoms with E-state index in [2.05, 4.69) is 14.9 Å². The van der Waals surface area contributed by atoms with Crippen molar-refractivity contribution in [3.05, 3.63) is 17.5 Å². The molecule has 27 heavy (non-hydrogen) atoms. The summed E-state index contributed by atoms with van der Waals surface area (Å²) in [6, 6.07) is 1.92. The van der Waals surface area contributed by atoms with Crippen LogP contribution < -0.4 is 0 Å². The van der Waals surface area contributed by atoms with Gasteiger partial charge in [0, 0.05) is 50.7 Å². The number of thioether (sulfide) groups is 1. The van der Waals surface area contributed by atoms with Crippen molar-refractivity contribution in [2.75, 3.05) is 64.8 Å². The molecule has 0 saturated carbocycles. The Morgan fingerprint density at radius 1 is 0.963 bits per heavy atom. The number of aromatic nitrogens is 2. The van der Waals surface area contributed by atoms with Crippen molar-refractivity contribution in [2.24, 2.45) is 0 Å². The quantitative estimate of drug-likeness (QED) is 0.522. The number of aryl methyl sites for hydroxylation is 2. The average Bonchev–Trinajstić information content (AvgIpc) is 2.66. The van der Waals surface area contributed by atoms with Crippen molar-refractivity contribution < 1.29 is 14.3 Å². The second kappa shape index (κ2) is 9.48. The molecule has 3 heterocycles. The van der Waals surface area contributed by atoms with Crippen LogP contribution in [0.5, 0.6) is 0 Å². The van der Waals surface area contributed by atoms with Crippen molar-refractivity contribution in [2.45, 2.75) is 19.0 Å². The molecule has 1 aromatic rings. The fourth-order valence-electron chi connectivity index (χ4n) is 3.23. The lowest BCUT2D eigenvalue weighted by molar-refractivity contribution is -0.139. The molecule has 2 aliphatic heterocycles. The van der Waals surface area contributed by atoms with Gasteiger partial charge in [0.15, 0.2) is 5.16 Å². The molecule has 2 fully saturated rings. The predicted molar refractivity (Wildman–Crippen MR) is 103 cm³/mol. The molecule has 0 aromatic carbocycles. The lowest BCUT2D eigenvalue weighted by atomic mass is 10.3. The molecular formula is C18H27N5O3S. The number of rotatable bonds is 5. The standard InChI is InChI=1S/C18H27N5O3S/c1-14-11-15(2)20-18(19-14)27-13-17(25)23-5-3-22(4-6-23)16(24)12-21-7-9-26-10-8-21/h11H,3-10,12-13H2,1-2H3. The van der Waals surface area contributed by atoms with E-state index in [0.29, 0.717) is 56.8 Å².